The molecule has 27 heavy (non-hydrogen) atoms. The Morgan fingerprint density at radius 2 is 1.85 bits per heavy atom. The Hall–Kier alpha value is -2.92. The number of amides is 2. The molecule has 0 spiro atoms. The van der Waals surface area contributed by atoms with Crippen LogP contribution in [0.3, 0.4) is 0 Å². The van der Waals surface area contributed by atoms with Gasteiger partial charge in [-0.1, -0.05) is 48.5 Å². The highest BCUT2D eigenvalue weighted by atomic mass is 32.1. The van der Waals surface area contributed by atoms with Gasteiger partial charge < -0.3 is 10.6 Å². The molecule has 0 aliphatic carbocycles. The van der Waals surface area contributed by atoms with Gasteiger partial charge in [-0.15, -0.1) is 11.3 Å². The molecule has 0 unspecified atom stereocenters. The van der Waals surface area contributed by atoms with Crippen molar-refractivity contribution in [2.75, 3.05) is 5.32 Å². The smallest absolute Gasteiger partial charge is 0.262 e. The first kappa shape index (κ1) is 17.5. The van der Waals surface area contributed by atoms with Crippen LogP contribution >= 0.6 is 11.3 Å². The third-order valence-electron chi connectivity index (χ3n) is 4.73. The second-order valence-electron chi connectivity index (χ2n) is 6.69. The fraction of sp³-hybridized carbons (Fsp3) is 0.182. The predicted octanol–water partition coefficient (Wildman–Crippen LogP) is 4.02. The lowest BCUT2D eigenvalue weighted by Gasteiger charge is -2.14. The SMILES string of the molecule is O=C(N[C@H]1CCc2ccccc2NC1=O)c1cc(Cc2ccccc2)cs1. The summed E-state index contributed by atoms with van der Waals surface area (Å²) in [5, 5.41) is 7.82. The molecule has 0 bridgehead atoms. The maximum atomic E-state index is 12.6. The molecule has 1 aromatic heterocycles. The lowest BCUT2D eigenvalue weighted by atomic mass is 10.1. The van der Waals surface area contributed by atoms with Gasteiger partial charge in [0.1, 0.15) is 6.04 Å². The average Bonchev–Trinajstić information content (AvgIpc) is 3.09. The topological polar surface area (TPSA) is 58.2 Å². The molecular weight excluding hydrogens is 356 g/mol. The van der Waals surface area contributed by atoms with Crippen molar-refractivity contribution >= 4 is 28.8 Å². The van der Waals surface area contributed by atoms with Crippen LogP contribution < -0.4 is 10.6 Å². The predicted molar refractivity (Wildman–Crippen MR) is 108 cm³/mol. The normalized spacial score (nSPS) is 16.1. The summed E-state index contributed by atoms with van der Waals surface area (Å²) in [6.07, 6.45) is 2.14. The Morgan fingerprint density at radius 1 is 1.07 bits per heavy atom. The zero-order chi connectivity index (χ0) is 18.6. The number of fused-ring (bicyclic) bond motifs is 1. The van der Waals surface area contributed by atoms with E-state index in [-0.39, 0.29) is 11.8 Å². The van der Waals surface area contributed by atoms with Crippen LogP contribution in [-0.2, 0) is 17.6 Å². The average molecular weight is 376 g/mol. The van der Waals surface area contributed by atoms with Crippen molar-refractivity contribution in [3.63, 3.8) is 0 Å². The molecule has 0 fully saturated rings. The Balaban J connectivity index is 1.41. The number of carbonyl (C=O) groups excluding carboxylic acids is 2. The summed E-state index contributed by atoms with van der Waals surface area (Å²) >= 11 is 1.42. The summed E-state index contributed by atoms with van der Waals surface area (Å²) in [7, 11) is 0. The lowest BCUT2D eigenvalue weighted by molar-refractivity contribution is -0.118. The molecule has 0 saturated heterocycles. The van der Waals surface area contributed by atoms with Crippen molar-refractivity contribution in [3.05, 3.63) is 87.6 Å². The number of carbonyl (C=O) groups is 2. The van der Waals surface area contributed by atoms with Gasteiger partial charge >= 0.3 is 0 Å². The summed E-state index contributed by atoms with van der Waals surface area (Å²) in [6.45, 7) is 0. The fourth-order valence-corrected chi connectivity index (χ4v) is 4.11. The summed E-state index contributed by atoms with van der Waals surface area (Å²) in [6, 6.07) is 19.3. The molecular formula is C22H20N2O2S. The number of hydrogen-bond acceptors (Lipinski definition) is 3. The molecule has 0 radical (unpaired) electrons. The summed E-state index contributed by atoms with van der Waals surface area (Å²) in [4.78, 5) is 25.7. The van der Waals surface area contributed by atoms with Gasteiger partial charge in [0.25, 0.3) is 5.91 Å². The Morgan fingerprint density at radius 3 is 2.70 bits per heavy atom. The van der Waals surface area contributed by atoms with Crippen molar-refractivity contribution < 1.29 is 9.59 Å². The molecule has 5 heteroatoms. The minimum Gasteiger partial charge on any atom is -0.340 e. The van der Waals surface area contributed by atoms with Gasteiger partial charge in [0, 0.05) is 5.69 Å². The number of benzene rings is 2. The van der Waals surface area contributed by atoms with Crippen molar-refractivity contribution in [1.29, 1.82) is 0 Å². The van der Waals surface area contributed by atoms with Crippen molar-refractivity contribution in [1.82, 2.24) is 5.32 Å². The first-order valence-corrected chi connectivity index (χ1v) is 9.88. The molecule has 2 aromatic carbocycles. The molecule has 2 N–H and O–H groups in total. The maximum absolute atomic E-state index is 12.6. The third-order valence-corrected chi connectivity index (χ3v) is 5.71. The minimum absolute atomic E-state index is 0.158. The summed E-state index contributed by atoms with van der Waals surface area (Å²) in [5.41, 5.74) is 4.25. The van der Waals surface area contributed by atoms with Crippen LogP contribution in [0.5, 0.6) is 0 Å². The largest absolute Gasteiger partial charge is 0.340 e. The molecule has 1 aliphatic rings. The lowest BCUT2D eigenvalue weighted by Crippen LogP contribution is -2.43. The van der Waals surface area contributed by atoms with Gasteiger partial charge in [0.2, 0.25) is 5.91 Å². The zero-order valence-corrected chi connectivity index (χ0v) is 15.6. The number of aryl methyl sites for hydroxylation is 1. The Bertz CT molecular complexity index is 965. The van der Waals surface area contributed by atoms with E-state index in [1.807, 2.05) is 53.9 Å². The van der Waals surface area contributed by atoms with E-state index in [4.69, 9.17) is 0 Å². The first-order valence-electron chi connectivity index (χ1n) is 9.00. The molecule has 2 amide bonds. The van der Waals surface area contributed by atoms with E-state index in [0.29, 0.717) is 11.3 Å². The molecule has 1 aliphatic heterocycles. The van der Waals surface area contributed by atoms with Gasteiger partial charge in [0.15, 0.2) is 0 Å². The second kappa shape index (κ2) is 7.76. The van der Waals surface area contributed by atoms with Crippen LogP contribution in [0.2, 0.25) is 0 Å². The van der Waals surface area contributed by atoms with E-state index in [0.717, 1.165) is 29.7 Å². The maximum Gasteiger partial charge on any atom is 0.262 e. The van der Waals surface area contributed by atoms with E-state index < -0.39 is 6.04 Å². The highest BCUT2D eigenvalue weighted by Gasteiger charge is 2.25. The first-order chi connectivity index (χ1) is 13.2. The fourth-order valence-electron chi connectivity index (χ4n) is 3.30. The minimum atomic E-state index is -0.524. The van der Waals surface area contributed by atoms with E-state index in [1.165, 1.54) is 16.9 Å². The van der Waals surface area contributed by atoms with E-state index in [2.05, 4.69) is 22.8 Å². The van der Waals surface area contributed by atoms with Crippen molar-refractivity contribution in [3.8, 4) is 0 Å². The molecule has 0 saturated carbocycles. The van der Waals surface area contributed by atoms with Gasteiger partial charge in [0.05, 0.1) is 4.88 Å². The number of rotatable bonds is 4. The number of anilines is 1. The van der Waals surface area contributed by atoms with Crippen molar-refractivity contribution in [2.45, 2.75) is 25.3 Å². The number of thiophene rings is 1. The highest BCUT2D eigenvalue weighted by molar-refractivity contribution is 7.12. The van der Waals surface area contributed by atoms with E-state index in [1.54, 1.807) is 0 Å². The van der Waals surface area contributed by atoms with Crippen LogP contribution in [0.1, 0.15) is 32.8 Å². The molecule has 136 valence electrons. The van der Waals surface area contributed by atoms with Crippen LogP contribution in [-0.4, -0.2) is 17.9 Å². The molecule has 2 heterocycles. The van der Waals surface area contributed by atoms with E-state index in [9.17, 15) is 9.59 Å². The summed E-state index contributed by atoms with van der Waals surface area (Å²) < 4.78 is 0. The van der Waals surface area contributed by atoms with Crippen LogP contribution in [0.4, 0.5) is 5.69 Å². The van der Waals surface area contributed by atoms with Gasteiger partial charge in [-0.3, -0.25) is 9.59 Å². The number of hydrogen-bond donors (Lipinski definition) is 2. The zero-order valence-electron chi connectivity index (χ0n) is 14.8. The summed E-state index contributed by atoms with van der Waals surface area (Å²) in [5.74, 6) is -0.347. The molecule has 4 nitrogen and oxygen atoms in total. The third kappa shape index (κ3) is 4.09. The van der Waals surface area contributed by atoms with Gasteiger partial charge in [-0.2, -0.15) is 0 Å². The second-order valence-corrected chi connectivity index (χ2v) is 7.60. The Kier molecular flexibility index (Phi) is 5.03. The van der Waals surface area contributed by atoms with Crippen LogP contribution in [0, 0.1) is 0 Å². The monoisotopic (exact) mass is 376 g/mol. The van der Waals surface area contributed by atoms with Gasteiger partial charge in [-0.05, 0) is 53.5 Å². The van der Waals surface area contributed by atoms with E-state index >= 15 is 0 Å². The number of nitrogens with one attached hydrogen (secondary N) is 2. The van der Waals surface area contributed by atoms with Gasteiger partial charge in [-0.25, -0.2) is 0 Å². The van der Waals surface area contributed by atoms with Crippen LogP contribution in [0.25, 0.3) is 0 Å². The van der Waals surface area contributed by atoms with Crippen LogP contribution in [0.15, 0.2) is 66.0 Å². The molecule has 3 aromatic rings. The number of para-hydroxylation sites is 1. The Labute approximate surface area is 162 Å². The van der Waals surface area contributed by atoms with Crippen molar-refractivity contribution in [2.24, 2.45) is 0 Å². The standard InChI is InChI=1S/C22H20N2O2S/c25-21-19(11-10-17-8-4-5-9-18(17)23-21)24-22(26)20-13-16(14-27-20)12-15-6-2-1-3-7-15/h1-9,13-14,19H,10-12H2,(H,23,25)(H,24,26)/t19-/m0/s1. The quantitative estimate of drug-likeness (QED) is 0.722. The highest BCUT2D eigenvalue weighted by Crippen LogP contribution is 2.22. The molecule has 1 atom stereocenters. The molecule has 4 rings (SSSR count).